The lowest BCUT2D eigenvalue weighted by Gasteiger charge is -2.32. The highest BCUT2D eigenvalue weighted by Gasteiger charge is 2.43. The van der Waals surface area contributed by atoms with Crippen LogP contribution in [-0.4, -0.2) is 55.0 Å². The highest BCUT2D eigenvalue weighted by Crippen LogP contribution is 2.31. The molecule has 0 bridgehead atoms. The van der Waals surface area contributed by atoms with Gasteiger partial charge >= 0.3 is 0 Å². The van der Waals surface area contributed by atoms with E-state index >= 15 is 0 Å². The molecule has 1 atom stereocenters. The average Bonchev–Trinajstić information content (AvgIpc) is 3.08. The smallest absolute Gasteiger partial charge is 0.269 e. The van der Waals surface area contributed by atoms with Crippen LogP contribution in [-0.2, 0) is 32.6 Å². The molecule has 4 rings (SSSR count). The summed E-state index contributed by atoms with van der Waals surface area (Å²) in [5, 5.41) is 3.12. The van der Waals surface area contributed by atoms with Crippen molar-refractivity contribution in [1.82, 2.24) is 14.5 Å². The molecule has 0 radical (unpaired) electrons. The molecule has 8 nitrogen and oxygen atoms in total. The van der Waals surface area contributed by atoms with Gasteiger partial charge in [-0.2, -0.15) is 0 Å². The first-order chi connectivity index (χ1) is 17.6. The number of halogens is 2. The van der Waals surface area contributed by atoms with E-state index in [-0.39, 0.29) is 33.5 Å². The number of amides is 3. The summed E-state index contributed by atoms with van der Waals surface area (Å²) in [7, 11) is -2.80. The lowest BCUT2D eigenvalue weighted by atomic mass is 10.0. The van der Waals surface area contributed by atoms with Crippen molar-refractivity contribution in [2.75, 3.05) is 13.6 Å². The second kappa shape index (κ2) is 10.9. The molecule has 0 saturated heterocycles. The van der Waals surface area contributed by atoms with E-state index in [0.29, 0.717) is 9.87 Å². The van der Waals surface area contributed by atoms with Crippen LogP contribution in [0.3, 0.4) is 0 Å². The molecule has 37 heavy (non-hydrogen) atoms. The monoisotopic (exact) mass is 559 g/mol. The van der Waals surface area contributed by atoms with Gasteiger partial charge in [-0.15, -0.1) is 0 Å². The number of nitrogens with zero attached hydrogens (tertiary/aromatic N) is 2. The number of sulfonamides is 1. The summed E-state index contributed by atoms with van der Waals surface area (Å²) in [5.41, 5.74) is 1.15. The minimum Gasteiger partial charge on any atom is -0.357 e. The third-order valence-corrected chi connectivity index (χ3v) is 8.59. The van der Waals surface area contributed by atoms with Crippen LogP contribution < -0.4 is 5.32 Å². The highest BCUT2D eigenvalue weighted by molar-refractivity contribution is 7.90. The van der Waals surface area contributed by atoms with E-state index in [0.717, 1.165) is 5.56 Å². The summed E-state index contributed by atoms with van der Waals surface area (Å²) in [6.07, 6.45) is 0.134. The Hall–Kier alpha value is -3.40. The number of benzene rings is 3. The first-order valence-corrected chi connectivity index (χ1v) is 13.5. The van der Waals surface area contributed by atoms with Crippen molar-refractivity contribution in [3.05, 3.63) is 99.5 Å². The van der Waals surface area contributed by atoms with Gasteiger partial charge in [0.05, 0.1) is 5.56 Å². The second-order valence-electron chi connectivity index (χ2n) is 8.35. The molecule has 0 fully saturated rings. The molecule has 11 heteroatoms. The Kier molecular flexibility index (Phi) is 7.87. The lowest BCUT2D eigenvalue weighted by molar-refractivity contribution is -0.140. The number of hydrogen-bond donors (Lipinski definition) is 1. The minimum atomic E-state index is -4.24. The van der Waals surface area contributed by atoms with E-state index < -0.39 is 40.3 Å². The van der Waals surface area contributed by atoms with Crippen molar-refractivity contribution >= 4 is 50.9 Å². The number of rotatable bonds is 8. The fourth-order valence-electron chi connectivity index (χ4n) is 4.18. The van der Waals surface area contributed by atoms with Crippen LogP contribution in [0.2, 0.25) is 10.0 Å². The Balaban J connectivity index is 1.73. The van der Waals surface area contributed by atoms with Crippen LogP contribution in [0.5, 0.6) is 0 Å². The highest BCUT2D eigenvalue weighted by atomic mass is 35.5. The van der Waals surface area contributed by atoms with Crippen LogP contribution in [0.4, 0.5) is 0 Å². The number of fused-ring (bicyclic) bond motifs is 1. The Bertz CT molecular complexity index is 1440. The van der Waals surface area contributed by atoms with Gasteiger partial charge in [-0.25, -0.2) is 12.7 Å². The Morgan fingerprint density at radius 3 is 2.19 bits per heavy atom. The van der Waals surface area contributed by atoms with Gasteiger partial charge in [0.1, 0.15) is 17.5 Å². The van der Waals surface area contributed by atoms with Gasteiger partial charge in [-0.05, 0) is 29.8 Å². The molecule has 0 aromatic heterocycles. The summed E-state index contributed by atoms with van der Waals surface area (Å²) < 4.78 is 26.7. The Labute approximate surface area is 224 Å². The predicted octanol–water partition coefficient (Wildman–Crippen LogP) is 3.52. The van der Waals surface area contributed by atoms with Crippen molar-refractivity contribution in [1.29, 1.82) is 0 Å². The molecule has 3 amide bonds. The summed E-state index contributed by atoms with van der Waals surface area (Å²) in [5.74, 6) is -2.04. The van der Waals surface area contributed by atoms with Crippen LogP contribution in [0, 0.1) is 0 Å². The number of carbonyl (C=O) groups excluding carboxylic acids is 3. The quantitative estimate of drug-likeness (QED) is 0.454. The maximum absolute atomic E-state index is 13.8. The van der Waals surface area contributed by atoms with Crippen molar-refractivity contribution in [3.63, 3.8) is 0 Å². The van der Waals surface area contributed by atoms with Crippen molar-refractivity contribution in [3.8, 4) is 0 Å². The molecule has 1 aliphatic rings. The molecule has 1 heterocycles. The van der Waals surface area contributed by atoms with Crippen molar-refractivity contribution < 1.29 is 22.8 Å². The van der Waals surface area contributed by atoms with Gasteiger partial charge in [0.25, 0.3) is 15.9 Å². The topological polar surface area (TPSA) is 104 Å². The largest absolute Gasteiger partial charge is 0.357 e. The van der Waals surface area contributed by atoms with Crippen LogP contribution in [0.25, 0.3) is 0 Å². The molecule has 0 saturated carbocycles. The number of carbonyl (C=O) groups is 3. The Morgan fingerprint density at radius 1 is 0.946 bits per heavy atom. The maximum Gasteiger partial charge on any atom is 0.269 e. The molecule has 3 aromatic rings. The van der Waals surface area contributed by atoms with E-state index in [9.17, 15) is 22.8 Å². The van der Waals surface area contributed by atoms with Crippen LogP contribution >= 0.6 is 23.2 Å². The zero-order chi connectivity index (χ0) is 26.7. The van der Waals surface area contributed by atoms with Gasteiger partial charge in [0.2, 0.25) is 11.8 Å². The third-order valence-electron chi connectivity index (χ3n) is 6.10. The lowest BCUT2D eigenvalue weighted by Crippen LogP contribution is -2.52. The SMILES string of the molecule is CNC(=O)[C@@H](Cc1ccccc1)N(Cc1c(Cl)cccc1Cl)C(=O)CN1C(=O)c2ccccc2S1(=O)=O. The van der Waals surface area contributed by atoms with E-state index in [1.165, 1.54) is 30.1 Å². The van der Waals surface area contributed by atoms with E-state index in [4.69, 9.17) is 23.2 Å². The number of hydrogen-bond acceptors (Lipinski definition) is 5. The van der Waals surface area contributed by atoms with E-state index in [2.05, 4.69) is 5.32 Å². The minimum absolute atomic E-state index is 0.0110. The standard InChI is InChI=1S/C26H23Cl2N3O5S/c1-29-25(33)22(14-17-8-3-2-4-9-17)30(15-19-20(27)11-7-12-21(19)28)24(32)16-31-26(34)18-10-5-6-13-23(18)37(31,35)36/h2-13,22H,14-16H2,1H3,(H,29,33)/t22-/m1/s1. The zero-order valence-electron chi connectivity index (χ0n) is 19.7. The summed E-state index contributed by atoms with van der Waals surface area (Å²) >= 11 is 12.7. The first-order valence-electron chi connectivity index (χ1n) is 11.3. The average molecular weight is 560 g/mol. The molecule has 0 aliphatic carbocycles. The third kappa shape index (κ3) is 5.34. The van der Waals surface area contributed by atoms with Gasteiger partial charge in [0.15, 0.2) is 0 Å². The fourth-order valence-corrected chi connectivity index (χ4v) is 6.21. The van der Waals surface area contributed by atoms with Crippen LogP contribution in [0.15, 0.2) is 77.7 Å². The maximum atomic E-state index is 13.8. The summed E-state index contributed by atoms with van der Waals surface area (Å²) in [6.45, 7) is -0.975. The van der Waals surface area contributed by atoms with Gasteiger partial charge in [-0.3, -0.25) is 14.4 Å². The molecule has 3 aromatic carbocycles. The van der Waals surface area contributed by atoms with Crippen LogP contribution in [0.1, 0.15) is 21.5 Å². The summed E-state index contributed by atoms with van der Waals surface area (Å²) in [4.78, 5) is 40.8. The van der Waals surface area contributed by atoms with Crippen molar-refractivity contribution in [2.24, 2.45) is 0 Å². The molecular formula is C26H23Cl2N3O5S. The van der Waals surface area contributed by atoms with Gasteiger partial charge < -0.3 is 10.2 Å². The summed E-state index contributed by atoms with van der Waals surface area (Å²) in [6, 6.07) is 18.6. The molecule has 1 N–H and O–H groups in total. The molecule has 0 unspecified atom stereocenters. The van der Waals surface area contributed by atoms with E-state index in [1.54, 1.807) is 36.4 Å². The molecule has 1 aliphatic heterocycles. The molecule has 0 spiro atoms. The van der Waals surface area contributed by atoms with Gasteiger partial charge in [0, 0.05) is 35.6 Å². The van der Waals surface area contributed by atoms with E-state index in [1.807, 2.05) is 18.2 Å². The first kappa shape index (κ1) is 26.7. The fraction of sp³-hybridized carbons (Fsp3) is 0.192. The molecule has 192 valence electrons. The predicted molar refractivity (Wildman–Crippen MR) is 140 cm³/mol. The zero-order valence-corrected chi connectivity index (χ0v) is 22.1. The molecular weight excluding hydrogens is 537 g/mol. The number of nitrogens with one attached hydrogen (secondary N) is 1. The van der Waals surface area contributed by atoms with Gasteiger partial charge in [-0.1, -0.05) is 71.7 Å². The normalized spacial score (nSPS) is 14.7. The second-order valence-corrected chi connectivity index (χ2v) is 11.0. The van der Waals surface area contributed by atoms with Crippen molar-refractivity contribution in [2.45, 2.75) is 23.9 Å². The number of likely N-dealkylation sites (N-methyl/N-ethyl adjacent to an activating group) is 1. The Morgan fingerprint density at radius 2 is 1.57 bits per heavy atom.